The average Bonchev–Trinajstić information content (AvgIpc) is 3.19. The van der Waals surface area contributed by atoms with Gasteiger partial charge in [0.25, 0.3) is 0 Å². The summed E-state index contributed by atoms with van der Waals surface area (Å²) in [5, 5.41) is 12.1. The SMILES string of the molecule is CC(C)c1cc(-c2nnc(SCc3cccc(Br)c3)n2C(C)C)cs1. The van der Waals surface area contributed by atoms with Gasteiger partial charge in [0.15, 0.2) is 11.0 Å². The van der Waals surface area contributed by atoms with Crippen LogP contribution in [0, 0.1) is 0 Å². The summed E-state index contributed by atoms with van der Waals surface area (Å²) in [5.41, 5.74) is 2.45. The maximum Gasteiger partial charge on any atom is 0.192 e. The fourth-order valence-corrected chi connectivity index (χ4v) is 4.95. The van der Waals surface area contributed by atoms with E-state index in [0.29, 0.717) is 12.0 Å². The van der Waals surface area contributed by atoms with Gasteiger partial charge in [-0.2, -0.15) is 0 Å². The molecule has 3 rings (SSSR count). The van der Waals surface area contributed by atoms with Crippen LogP contribution in [0.2, 0.25) is 0 Å². The molecule has 0 atom stereocenters. The first-order valence-corrected chi connectivity index (χ1v) is 11.0. The highest BCUT2D eigenvalue weighted by Gasteiger charge is 2.18. The summed E-state index contributed by atoms with van der Waals surface area (Å²) in [5.74, 6) is 2.39. The largest absolute Gasteiger partial charge is 0.299 e. The second kappa shape index (κ2) is 8.06. The van der Waals surface area contributed by atoms with Crippen LogP contribution < -0.4 is 0 Å². The third kappa shape index (κ3) is 4.36. The van der Waals surface area contributed by atoms with Crippen LogP contribution >= 0.6 is 39.0 Å². The zero-order valence-corrected chi connectivity index (χ0v) is 18.1. The molecule has 0 saturated carbocycles. The van der Waals surface area contributed by atoms with E-state index in [2.05, 4.69) is 88.0 Å². The van der Waals surface area contributed by atoms with Gasteiger partial charge in [0.1, 0.15) is 0 Å². The molecule has 0 unspecified atom stereocenters. The molecule has 0 aliphatic heterocycles. The molecule has 1 aromatic carbocycles. The van der Waals surface area contributed by atoms with Crippen molar-refractivity contribution in [2.45, 2.75) is 50.6 Å². The lowest BCUT2D eigenvalue weighted by Crippen LogP contribution is -2.04. The smallest absolute Gasteiger partial charge is 0.192 e. The number of rotatable bonds is 6. The van der Waals surface area contributed by atoms with Gasteiger partial charge >= 0.3 is 0 Å². The van der Waals surface area contributed by atoms with Crippen molar-refractivity contribution in [2.24, 2.45) is 0 Å². The van der Waals surface area contributed by atoms with Gasteiger partial charge in [-0.15, -0.1) is 21.5 Å². The Morgan fingerprint density at radius 2 is 1.96 bits per heavy atom. The minimum atomic E-state index is 0.317. The Bertz CT molecular complexity index is 852. The number of thiophene rings is 1. The van der Waals surface area contributed by atoms with E-state index in [9.17, 15) is 0 Å². The fraction of sp³-hybridized carbons (Fsp3) is 0.368. The fourth-order valence-electron chi connectivity index (χ4n) is 2.59. The third-order valence-corrected chi connectivity index (χ3v) is 6.63. The van der Waals surface area contributed by atoms with Crippen molar-refractivity contribution >= 4 is 39.0 Å². The number of hydrogen-bond donors (Lipinski definition) is 0. The zero-order valence-electron chi connectivity index (χ0n) is 14.9. The van der Waals surface area contributed by atoms with E-state index in [-0.39, 0.29) is 0 Å². The van der Waals surface area contributed by atoms with Crippen LogP contribution in [-0.4, -0.2) is 14.8 Å². The van der Waals surface area contributed by atoms with Gasteiger partial charge in [0, 0.05) is 32.1 Å². The lowest BCUT2D eigenvalue weighted by Gasteiger charge is -2.13. The molecule has 2 aromatic heterocycles. The molecule has 0 amide bonds. The number of hydrogen-bond acceptors (Lipinski definition) is 4. The predicted molar refractivity (Wildman–Crippen MR) is 112 cm³/mol. The van der Waals surface area contributed by atoms with Crippen molar-refractivity contribution in [3.63, 3.8) is 0 Å². The first-order valence-electron chi connectivity index (χ1n) is 8.36. The Hall–Kier alpha value is -1.11. The van der Waals surface area contributed by atoms with Crippen molar-refractivity contribution in [2.75, 3.05) is 0 Å². The van der Waals surface area contributed by atoms with Crippen LogP contribution in [0.25, 0.3) is 11.4 Å². The Balaban J connectivity index is 1.86. The van der Waals surface area contributed by atoms with Crippen molar-refractivity contribution in [1.82, 2.24) is 14.8 Å². The van der Waals surface area contributed by atoms with E-state index in [1.54, 1.807) is 23.1 Å². The molecule has 3 aromatic rings. The molecular formula is C19H22BrN3S2. The number of halogens is 1. The topological polar surface area (TPSA) is 30.7 Å². The van der Waals surface area contributed by atoms with Gasteiger partial charge < -0.3 is 0 Å². The Morgan fingerprint density at radius 3 is 2.60 bits per heavy atom. The molecule has 0 aliphatic carbocycles. The molecule has 0 spiro atoms. The van der Waals surface area contributed by atoms with Crippen molar-refractivity contribution in [3.8, 4) is 11.4 Å². The molecule has 0 fully saturated rings. The molecule has 2 heterocycles. The highest BCUT2D eigenvalue weighted by atomic mass is 79.9. The Morgan fingerprint density at radius 1 is 1.16 bits per heavy atom. The standard InChI is InChI=1S/C19H22BrN3S2/c1-12(2)17-9-15(11-24-17)18-21-22-19(23(18)13(3)4)25-10-14-6-5-7-16(20)8-14/h5-9,11-13H,10H2,1-4H3. The van der Waals surface area contributed by atoms with Crippen LogP contribution in [0.3, 0.4) is 0 Å². The van der Waals surface area contributed by atoms with Gasteiger partial charge in [-0.05, 0) is 43.5 Å². The molecule has 0 aliphatic rings. The van der Waals surface area contributed by atoms with Gasteiger partial charge in [-0.3, -0.25) is 4.57 Å². The first-order chi connectivity index (χ1) is 12.0. The lowest BCUT2D eigenvalue weighted by atomic mass is 10.1. The maximum absolute atomic E-state index is 4.50. The van der Waals surface area contributed by atoms with Crippen LogP contribution in [0.4, 0.5) is 0 Å². The Kier molecular flexibility index (Phi) is 6.02. The minimum Gasteiger partial charge on any atom is -0.299 e. The van der Waals surface area contributed by atoms with Crippen molar-refractivity contribution in [1.29, 1.82) is 0 Å². The van der Waals surface area contributed by atoms with Crippen LogP contribution in [-0.2, 0) is 5.75 Å². The van der Waals surface area contributed by atoms with Crippen molar-refractivity contribution < 1.29 is 0 Å². The molecule has 0 N–H and O–H groups in total. The number of nitrogens with zero attached hydrogens (tertiary/aromatic N) is 3. The highest BCUT2D eigenvalue weighted by molar-refractivity contribution is 9.10. The second-order valence-electron chi connectivity index (χ2n) is 6.58. The van der Waals surface area contributed by atoms with E-state index >= 15 is 0 Å². The summed E-state index contributed by atoms with van der Waals surface area (Å²) in [6, 6.07) is 11.0. The van der Waals surface area contributed by atoms with E-state index in [1.165, 1.54) is 16.0 Å². The van der Waals surface area contributed by atoms with Crippen LogP contribution in [0.1, 0.15) is 50.1 Å². The maximum atomic E-state index is 4.50. The quantitative estimate of drug-likeness (QED) is 0.400. The summed E-state index contributed by atoms with van der Waals surface area (Å²) in [4.78, 5) is 1.39. The molecule has 6 heteroatoms. The number of aromatic nitrogens is 3. The normalized spacial score (nSPS) is 11.6. The van der Waals surface area contributed by atoms with E-state index in [4.69, 9.17) is 0 Å². The summed E-state index contributed by atoms with van der Waals surface area (Å²) in [6.45, 7) is 8.82. The monoisotopic (exact) mass is 435 g/mol. The summed E-state index contributed by atoms with van der Waals surface area (Å²) < 4.78 is 3.35. The molecule has 132 valence electrons. The first kappa shape index (κ1) is 18.7. The molecule has 0 saturated heterocycles. The van der Waals surface area contributed by atoms with Crippen LogP contribution in [0.5, 0.6) is 0 Å². The van der Waals surface area contributed by atoms with Gasteiger partial charge in [0.05, 0.1) is 0 Å². The van der Waals surface area contributed by atoms with Gasteiger partial charge in [0.2, 0.25) is 0 Å². The summed E-state index contributed by atoms with van der Waals surface area (Å²) in [7, 11) is 0. The van der Waals surface area contributed by atoms with Gasteiger partial charge in [-0.1, -0.05) is 53.7 Å². The zero-order chi connectivity index (χ0) is 18.0. The molecule has 0 bridgehead atoms. The highest BCUT2D eigenvalue weighted by Crippen LogP contribution is 2.33. The summed E-state index contributed by atoms with van der Waals surface area (Å²) in [6.07, 6.45) is 0. The lowest BCUT2D eigenvalue weighted by molar-refractivity contribution is 0.555. The van der Waals surface area contributed by atoms with E-state index in [1.807, 2.05) is 6.07 Å². The number of thioether (sulfide) groups is 1. The van der Waals surface area contributed by atoms with Gasteiger partial charge in [-0.25, -0.2) is 0 Å². The second-order valence-corrected chi connectivity index (χ2v) is 9.38. The number of benzene rings is 1. The molecule has 25 heavy (non-hydrogen) atoms. The van der Waals surface area contributed by atoms with Crippen molar-refractivity contribution in [3.05, 3.63) is 50.6 Å². The van der Waals surface area contributed by atoms with E-state index < -0.39 is 0 Å². The average molecular weight is 436 g/mol. The minimum absolute atomic E-state index is 0.317. The molecular weight excluding hydrogens is 414 g/mol. The Labute approximate surface area is 166 Å². The predicted octanol–water partition coefficient (Wildman–Crippen LogP) is 6.77. The van der Waals surface area contributed by atoms with E-state index in [0.717, 1.165) is 21.2 Å². The third-order valence-electron chi connectivity index (χ3n) is 3.88. The van der Waals surface area contributed by atoms with Crippen LogP contribution in [0.15, 0.2) is 45.3 Å². The summed E-state index contributed by atoms with van der Waals surface area (Å²) >= 11 is 7.07. The molecule has 0 radical (unpaired) electrons. The molecule has 3 nitrogen and oxygen atoms in total.